The molecule has 0 atom stereocenters. The summed E-state index contributed by atoms with van der Waals surface area (Å²) in [6, 6.07) is 9.68. The molecule has 7 heteroatoms. The van der Waals surface area contributed by atoms with Crippen LogP contribution in [0.25, 0.3) is 0 Å². The average Bonchev–Trinajstić information content (AvgIpc) is 3.37. The van der Waals surface area contributed by atoms with Crippen LogP contribution in [-0.2, 0) is 24.2 Å². The van der Waals surface area contributed by atoms with E-state index in [1.54, 1.807) is 0 Å². The van der Waals surface area contributed by atoms with Gasteiger partial charge in [-0.05, 0) is 61.2 Å². The summed E-state index contributed by atoms with van der Waals surface area (Å²) in [5.74, 6) is 0.232. The van der Waals surface area contributed by atoms with Gasteiger partial charge in [0, 0.05) is 10.4 Å². The number of fused-ring (bicyclic) bond motifs is 1. The number of hydrogen-bond donors (Lipinski definition) is 1. The highest BCUT2D eigenvalue weighted by molar-refractivity contribution is 7.17. The number of rotatable bonds is 6. The van der Waals surface area contributed by atoms with Crippen molar-refractivity contribution in [1.29, 1.82) is 0 Å². The van der Waals surface area contributed by atoms with Gasteiger partial charge < -0.3 is 14.8 Å². The van der Waals surface area contributed by atoms with Crippen LogP contribution in [0.15, 0.2) is 35.7 Å². The molecule has 4 rings (SSSR count). The standard InChI is InChI=1S/C23H23NO4S2/c1-14-7-3-5-9-17(14)28-12-15-11-19(29-13-15)21(25)24-22-20(23(26)27-2)16-8-4-6-10-18(16)30-22/h3,5,7,9,11,13H,4,6,8,10,12H2,1-2H3,(H,24,25). The largest absolute Gasteiger partial charge is 0.489 e. The molecule has 0 radical (unpaired) electrons. The molecule has 5 nitrogen and oxygen atoms in total. The number of amides is 1. The Morgan fingerprint density at radius 3 is 2.77 bits per heavy atom. The lowest BCUT2D eigenvalue weighted by Gasteiger charge is -2.11. The first kappa shape index (κ1) is 20.6. The molecule has 156 valence electrons. The Hall–Kier alpha value is -2.64. The van der Waals surface area contributed by atoms with Gasteiger partial charge in [-0.2, -0.15) is 0 Å². The molecule has 0 bridgehead atoms. The van der Waals surface area contributed by atoms with Gasteiger partial charge in [0.1, 0.15) is 17.4 Å². The van der Waals surface area contributed by atoms with Crippen LogP contribution in [0.5, 0.6) is 5.75 Å². The Kier molecular flexibility index (Phi) is 6.20. The van der Waals surface area contributed by atoms with Crippen molar-refractivity contribution in [1.82, 2.24) is 0 Å². The van der Waals surface area contributed by atoms with E-state index in [1.165, 1.54) is 34.7 Å². The minimum absolute atomic E-state index is 0.217. The zero-order chi connectivity index (χ0) is 21.1. The molecular formula is C23H23NO4S2. The van der Waals surface area contributed by atoms with Crippen molar-refractivity contribution in [3.8, 4) is 5.75 Å². The topological polar surface area (TPSA) is 64.6 Å². The minimum atomic E-state index is -0.386. The fourth-order valence-electron chi connectivity index (χ4n) is 3.59. The quantitative estimate of drug-likeness (QED) is 0.505. The van der Waals surface area contributed by atoms with Crippen LogP contribution in [0.2, 0.25) is 0 Å². The third kappa shape index (κ3) is 4.27. The maximum Gasteiger partial charge on any atom is 0.341 e. The summed E-state index contributed by atoms with van der Waals surface area (Å²) in [5.41, 5.74) is 3.56. The minimum Gasteiger partial charge on any atom is -0.489 e. The smallest absolute Gasteiger partial charge is 0.341 e. The van der Waals surface area contributed by atoms with Crippen LogP contribution in [0.3, 0.4) is 0 Å². The highest BCUT2D eigenvalue weighted by Crippen LogP contribution is 2.39. The zero-order valence-corrected chi connectivity index (χ0v) is 18.6. The number of esters is 1. The van der Waals surface area contributed by atoms with Crippen molar-refractivity contribution in [3.05, 3.63) is 67.7 Å². The molecular weight excluding hydrogens is 418 g/mol. The SMILES string of the molecule is COC(=O)c1c(NC(=O)c2cc(COc3ccccc3C)cs2)sc2c1CCCC2. The summed E-state index contributed by atoms with van der Waals surface area (Å²) in [7, 11) is 1.38. The molecule has 0 saturated carbocycles. The highest BCUT2D eigenvalue weighted by Gasteiger charge is 2.27. The number of ether oxygens (including phenoxy) is 2. The first-order valence-corrected chi connectivity index (χ1v) is 11.6. The normalized spacial score (nSPS) is 12.9. The molecule has 2 aromatic heterocycles. The van der Waals surface area contributed by atoms with Gasteiger partial charge in [0.05, 0.1) is 17.6 Å². The van der Waals surface area contributed by atoms with Crippen LogP contribution in [0.4, 0.5) is 5.00 Å². The van der Waals surface area contributed by atoms with E-state index in [1.807, 2.05) is 42.6 Å². The Balaban J connectivity index is 1.48. The number of para-hydroxylation sites is 1. The average molecular weight is 442 g/mol. The Labute approximate surface area is 183 Å². The summed E-state index contributed by atoms with van der Waals surface area (Å²) < 4.78 is 10.8. The number of benzene rings is 1. The summed E-state index contributed by atoms with van der Waals surface area (Å²) in [6.07, 6.45) is 3.96. The third-order valence-corrected chi connectivity index (χ3v) is 7.34. The van der Waals surface area contributed by atoms with Crippen molar-refractivity contribution in [2.75, 3.05) is 12.4 Å². The third-order valence-electron chi connectivity index (χ3n) is 5.15. The molecule has 0 spiro atoms. The predicted octanol–water partition coefficient (Wildman–Crippen LogP) is 5.61. The van der Waals surface area contributed by atoms with Gasteiger partial charge in [-0.1, -0.05) is 18.2 Å². The molecule has 1 N–H and O–H groups in total. The van der Waals surface area contributed by atoms with E-state index in [4.69, 9.17) is 9.47 Å². The Morgan fingerprint density at radius 2 is 1.97 bits per heavy atom. The lowest BCUT2D eigenvalue weighted by molar-refractivity contribution is 0.0601. The number of thiophene rings is 2. The molecule has 2 heterocycles. The maximum atomic E-state index is 12.8. The van der Waals surface area contributed by atoms with E-state index in [2.05, 4.69) is 5.32 Å². The molecule has 0 fully saturated rings. The van der Waals surface area contributed by atoms with Crippen molar-refractivity contribution in [2.45, 2.75) is 39.2 Å². The first-order valence-electron chi connectivity index (χ1n) is 9.87. The number of aryl methyl sites for hydroxylation is 2. The van der Waals surface area contributed by atoms with Crippen LogP contribution in [0.1, 0.15) is 54.4 Å². The van der Waals surface area contributed by atoms with Crippen molar-refractivity contribution >= 4 is 39.6 Å². The van der Waals surface area contributed by atoms with Crippen LogP contribution < -0.4 is 10.1 Å². The lowest BCUT2D eigenvalue weighted by atomic mass is 9.95. The maximum absolute atomic E-state index is 12.8. The number of nitrogens with one attached hydrogen (secondary N) is 1. The van der Waals surface area contributed by atoms with Crippen LogP contribution in [-0.4, -0.2) is 19.0 Å². The molecule has 1 amide bonds. The molecule has 1 aliphatic carbocycles. The van der Waals surface area contributed by atoms with E-state index in [9.17, 15) is 9.59 Å². The molecule has 0 aliphatic heterocycles. The van der Waals surface area contributed by atoms with Crippen molar-refractivity contribution in [3.63, 3.8) is 0 Å². The van der Waals surface area contributed by atoms with E-state index < -0.39 is 0 Å². The summed E-state index contributed by atoms with van der Waals surface area (Å²) in [5, 5.41) is 5.46. The molecule has 0 unspecified atom stereocenters. The summed E-state index contributed by atoms with van der Waals surface area (Å²) in [4.78, 5) is 27.0. The molecule has 1 aliphatic rings. The summed E-state index contributed by atoms with van der Waals surface area (Å²) >= 11 is 2.86. The van der Waals surface area contributed by atoms with Gasteiger partial charge in [0.25, 0.3) is 5.91 Å². The number of anilines is 1. The molecule has 1 aromatic carbocycles. The number of hydrogen-bond acceptors (Lipinski definition) is 6. The zero-order valence-electron chi connectivity index (χ0n) is 16.9. The van der Waals surface area contributed by atoms with Gasteiger partial charge >= 0.3 is 5.97 Å². The molecule has 30 heavy (non-hydrogen) atoms. The van der Waals surface area contributed by atoms with Gasteiger partial charge in [-0.25, -0.2) is 4.79 Å². The van der Waals surface area contributed by atoms with Gasteiger partial charge in [-0.3, -0.25) is 4.79 Å². The van der Waals surface area contributed by atoms with Gasteiger partial charge in [0.15, 0.2) is 0 Å². The fraction of sp³-hybridized carbons (Fsp3) is 0.304. The van der Waals surface area contributed by atoms with Crippen molar-refractivity contribution < 1.29 is 19.1 Å². The van der Waals surface area contributed by atoms with Crippen molar-refractivity contribution in [2.24, 2.45) is 0 Å². The van der Waals surface area contributed by atoms with E-state index in [0.717, 1.165) is 48.1 Å². The van der Waals surface area contributed by atoms with E-state index >= 15 is 0 Å². The van der Waals surface area contributed by atoms with E-state index in [0.29, 0.717) is 22.0 Å². The van der Waals surface area contributed by atoms with Gasteiger partial charge in [-0.15, -0.1) is 22.7 Å². The second-order valence-electron chi connectivity index (χ2n) is 7.23. The lowest BCUT2D eigenvalue weighted by Crippen LogP contribution is -2.14. The second kappa shape index (κ2) is 9.02. The Morgan fingerprint density at radius 1 is 1.17 bits per heavy atom. The fourth-order valence-corrected chi connectivity index (χ4v) is 5.65. The highest BCUT2D eigenvalue weighted by atomic mass is 32.1. The number of carbonyl (C=O) groups excluding carboxylic acids is 2. The van der Waals surface area contributed by atoms with Crippen LogP contribution in [0, 0.1) is 6.92 Å². The Bertz CT molecular complexity index is 1080. The predicted molar refractivity (Wildman–Crippen MR) is 120 cm³/mol. The van der Waals surface area contributed by atoms with E-state index in [-0.39, 0.29) is 11.9 Å². The second-order valence-corrected chi connectivity index (χ2v) is 9.25. The molecule has 0 saturated heterocycles. The monoisotopic (exact) mass is 441 g/mol. The van der Waals surface area contributed by atoms with Crippen LogP contribution >= 0.6 is 22.7 Å². The van der Waals surface area contributed by atoms with Gasteiger partial charge in [0.2, 0.25) is 0 Å². The molecule has 3 aromatic rings. The first-order chi connectivity index (χ1) is 14.6. The number of carbonyl (C=O) groups is 2. The summed E-state index contributed by atoms with van der Waals surface area (Å²) in [6.45, 7) is 2.40. The number of methoxy groups -OCH3 is 1.